The van der Waals surface area contributed by atoms with E-state index in [9.17, 15) is 4.79 Å². The zero-order chi connectivity index (χ0) is 26.6. The van der Waals surface area contributed by atoms with Crippen molar-refractivity contribution in [3.05, 3.63) is 84.2 Å². The molecule has 9 nitrogen and oxygen atoms in total. The largest absolute Gasteiger partial charge is 0.441 e. The molecule has 3 aromatic heterocycles. The van der Waals surface area contributed by atoms with Gasteiger partial charge < -0.3 is 9.30 Å². The maximum absolute atomic E-state index is 12.2. The van der Waals surface area contributed by atoms with Crippen LogP contribution in [0, 0.1) is 6.92 Å². The molecule has 1 amide bonds. The van der Waals surface area contributed by atoms with Crippen LogP contribution in [0.5, 0.6) is 0 Å². The van der Waals surface area contributed by atoms with Gasteiger partial charge in [-0.2, -0.15) is 0 Å². The first kappa shape index (κ1) is 25.0. The van der Waals surface area contributed by atoms with Crippen molar-refractivity contribution in [1.82, 2.24) is 29.5 Å². The van der Waals surface area contributed by atoms with Crippen LogP contribution >= 0.6 is 0 Å². The van der Waals surface area contributed by atoms with Crippen molar-refractivity contribution in [2.45, 2.75) is 46.8 Å². The van der Waals surface area contributed by atoms with Crippen LogP contribution in [-0.2, 0) is 17.7 Å². The van der Waals surface area contributed by atoms with Gasteiger partial charge >= 0.3 is 6.09 Å². The molecule has 2 aromatic carbocycles. The molecule has 192 valence electrons. The molecule has 0 bridgehead atoms. The van der Waals surface area contributed by atoms with Crippen LogP contribution in [0.3, 0.4) is 0 Å². The van der Waals surface area contributed by atoms with Gasteiger partial charge in [-0.25, -0.2) is 29.7 Å². The van der Waals surface area contributed by atoms with E-state index in [1.807, 2.05) is 73.9 Å². The Morgan fingerprint density at radius 1 is 0.974 bits per heavy atom. The normalized spacial score (nSPS) is 14.2. The molecule has 0 aliphatic carbocycles. The number of carbonyl (C=O) groups excluding carboxylic acids is 1. The maximum Gasteiger partial charge on any atom is 0.412 e. The molecule has 38 heavy (non-hydrogen) atoms. The standard InChI is InChI=1S/C27H23N7O2.C2H6/c1-3-34-25(19-13-28-16(2)29-14-19)33-24-23(30-15-31-26(24)34)18-9-10-21-20(12-18)22(36-27(35)32-21)11-17-7-5-4-6-8-17;1-2/h4-10,12-15,22H,3,11H2,1-2H3,(H,32,35);1-2H3. The minimum atomic E-state index is -0.452. The molecular weight excluding hydrogens is 478 g/mol. The lowest BCUT2D eigenvalue weighted by Crippen LogP contribution is -2.25. The Morgan fingerprint density at radius 2 is 1.74 bits per heavy atom. The summed E-state index contributed by atoms with van der Waals surface area (Å²) >= 11 is 0. The topological polar surface area (TPSA) is 108 Å². The van der Waals surface area contributed by atoms with Crippen molar-refractivity contribution >= 4 is 22.9 Å². The van der Waals surface area contributed by atoms with E-state index < -0.39 is 12.2 Å². The summed E-state index contributed by atoms with van der Waals surface area (Å²) in [6.45, 7) is 8.58. The van der Waals surface area contributed by atoms with E-state index >= 15 is 0 Å². The van der Waals surface area contributed by atoms with Crippen LogP contribution < -0.4 is 5.32 Å². The Hall–Kier alpha value is -4.66. The van der Waals surface area contributed by atoms with Gasteiger partial charge in [0, 0.05) is 36.5 Å². The molecule has 0 spiro atoms. The van der Waals surface area contributed by atoms with Crippen LogP contribution in [0.2, 0.25) is 0 Å². The summed E-state index contributed by atoms with van der Waals surface area (Å²) in [7, 11) is 0. The number of rotatable bonds is 5. The highest BCUT2D eigenvalue weighted by molar-refractivity contribution is 5.92. The van der Waals surface area contributed by atoms with Crippen LogP contribution in [-0.4, -0.2) is 35.6 Å². The molecule has 1 aliphatic heterocycles. The van der Waals surface area contributed by atoms with E-state index in [-0.39, 0.29) is 0 Å². The molecule has 9 heteroatoms. The molecule has 0 radical (unpaired) electrons. The molecule has 6 rings (SSSR count). The van der Waals surface area contributed by atoms with Crippen molar-refractivity contribution in [3.63, 3.8) is 0 Å². The number of fused-ring (bicyclic) bond motifs is 2. The van der Waals surface area contributed by atoms with Gasteiger partial charge in [-0.3, -0.25) is 5.32 Å². The zero-order valence-corrected chi connectivity index (χ0v) is 21.8. The second-order valence-corrected chi connectivity index (χ2v) is 8.60. The molecule has 0 fully saturated rings. The van der Waals surface area contributed by atoms with Gasteiger partial charge in [-0.15, -0.1) is 0 Å². The van der Waals surface area contributed by atoms with E-state index in [0.717, 1.165) is 39.4 Å². The third kappa shape index (κ3) is 4.70. The Morgan fingerprint density at radius 3 is 2.47 bits per heavy atom. The van der Waals surface area contributed by atoms with Gasteiger partial charge in [0.15, 0.2) is 5.65 Å². The lowest BCUT2D eigenvalue weighted by molar-refractivity contribution is 0.106. The molecule has 1 unspecified atom stereocenters. The summed E-state index contributed by atoms with van der Waals surface area (Å²) in [5.41, 5.74) is 6.53. The molecule has 1 aliphatic rings. The van der Waals surface area contributed by atoms with Crippen molar-refractivity contribution in [2.24, 2.45) is 0 Å². The predicted octanol–water partition coefficient (Wildman–Crippen LogP) is 6.15. The number of nitrogens with one attached hydrogen (secondary N) is 1. The van der Waals surface area contributed by atoms with Crippen LogP contribution in [0.25, 0.3) is 33.8 Å². The van der Waals surface area contributed by atoms with Gasteiger partial charge in [0.25, 0.3) is 0 Å². The fourth-order valence-corrected chi connectivity index (χ4v) is 4.58. The number of amides is 1. The predicted molar refractivity (Wildman–Crippen MR) is 147 cm³/mol. The first-order valence-electron chi connectivity index (χ1n) is 12.8. The number of hydrogen-bond acceptors (Lipinski definition) is 7. The summed E-state index contributed by atoms with van der Waals surface area (Å²) in [4.78, 5) is 34.9. The van der Waals surface area contributed by atoms with E-state index in [2.05, 4.69) is 32.2 Å². The number of anilines is 1. The number of nitrogens with zero attached hydrogens (tertiary/aromatic N) is 6. The van der Waals surface area contributed by atoms with E-state index in [1.54, 1.807) is 18.7 Å². The number of aromatic nitrogens is 6. The number of imidazole rings is 1. The van der Waals surface area contributed by atoms with Crippen LogP contribution in [0.4, 0.5) is 10.5 Å². The molecule has 1 atom stereocenters. The summed E-state index contributed by atoms with van der Waals surface area (Å²) < 4.78 is 7.72. The van der Waals surface area contributed by atoms with Gasteiger partial charge in [-0.05, 0) is 31.5 Å². The highest BCUT2D eigenvalue weighted by Crippen LogP contribution is 2.37. The zero-order valence-electron chi connectivity index (χ0n) is 21.8. The van der Waals surface area contributed by atoms with Crippen LogP contribution in [0.1, 0.15) is 43.8 Å². The van der Waals surface area contributed by atoms with Crippen molar-refractivity contribution < 1.29 is 9.53 Å². The molecule has 5 aromatic rings. The Labute approximate surface area is 221 Å². The van der Waals surface area contributed by atoms with Gasteiger partial charge in [0.2, 0.25) is 0 Å². The third-order valence-corrected chi connectivity index (χ3v) is 6.31. The van der Waals surface area contributed by atoms with Crippen molar-refractivity contribution in [3.8, 4) is 22.6 Å². The number of ether oxygens (including phenoxy) is 1. The Balaban J connectivity index is 0.00000144. The fourth-order valence-electron chi connectivity index (χ4n) is 4.58. The van der Waals surface area contributed by atoms with Gasteiger partial charge in [0.1, 0.15) is 35.3 Å². The molecular formula is C29H29N7O2. The third-order valence-electron chi connectivity index (χ3n) is 6.31. The van der Waals surface area contributed by atoms with Gasteiger partial charge in [-0.1, -0.05) is 50.2 Å². The van der Waals surface area contributed by atoms with Crippen molar-refractivity contribution in [1.29, 1.82) is 0 Å². The highest BCUT2D eigenvalue weighted by Gasteiger charge is 2.28. The number of hydrogen-bond donors (Lipinski definition) is 1. The molecule has 1 N–H and O–H groups in total. The quantitative estimate of drug-likeness (QED) is 0.304. The SMILES string of the molecule is CC.CCn1c(-c2cnc(C)nc2)nc2c(-c3ccc4c(c3)C(Cc3ccccc3)OC(=O)N4)ncnc21. The van der Waals surface area contributed by atoms with Crippen molar-refractivity contribution in [2.75, 3.05) is 5.32 Å². The summed E-state index contributed by atoms with van der Waals surface area (Å²) in [6.07, 6.45) is 4.81. The lowest BCUT2D eigenvalue weighted by atomic mass is 9.96. The minimum Gasteiger partial charge on any atom is -0.441 e. The van der Waals surface area contributed by atoms with E-state index in [0.29, 0.717) is 30.0 Å². The molecule has 0 saturated carbocycles. The summed E-state index contributed by atoms with van der Waals surface area (Å²) in [5.74, 6) is 1.44. The first-order valence-corrected chi connectivity index (χ1v) is 12.8. The second kappa shape index (κ2) is 10.8. The Kier molecular flexibility index (Phi) is 7.08. The molecule has 0 saturated heterocycles. The monoisotopic (exact) mass is 507 g/mol. The number of carbonyl (C=O) groups is 1. The smallest absolute Gasteiger partial charge is 0.412 e. The molecule has 4 heterocycles. The number of cyclic esters (lactones) is 1. The van der Waals surface area contributed by atoms with E-state index in [1.165, 1.54) is 0 Å². The lowest BCUT2D eigenvalue weighted by Gasteiger charge is -2.27. The maximum atomic E-state index is 12.2. The average molecular weight is 508 g/mol. The fraction of sp³-hybridized carbons (Fsp3) is 0.241. The minimum absolute atomic E-state index is 0.415. The highest BCUT2D eigenvalue weighted by atomic mass is 16.6. The Bertz CT molecular complexity index is 1580. The van der Waals surface area contributed by atoms with Gasteiger partial charge in [0.05, 0.1) is 11.3 Å². The average Bonchev–Trinajstić information content (AvgIpc) is 3.34. The number of benzene rings is 2. The summed E-state index contributed by atoms with van der Waals surface area (Å²) in [6, 6.07) is 15.8. The van der Waals surface area contributed by atoms with Crippen LogP contribution in [0.15, 0.2) is 67.3 Å². The van der Waals surface area contributed by atoms with E-state index in [4.69, 9.17) is 9.72 Å². The number of aryl methyl sites for hydroxylation is 2. The summed E-state index contributed by atoms with van der Waals surface area (Å²) in [5, 5.41) is 2.81. The second-order valence-electron chi connectivity index (χ2n) is 8.60. The first-order chi connectivity index (χ1) is 18.6.